The van der Waals surface area contributed by atoms with E-state index in [1.54, 1.807) is 6.20 Å². The molecule has 2 rings (SSSR count). The first kappa shape index (κ1) is 13.3. The summed E-state index contributed by atoms with van der Waals surface area (Å²) in [6.07, 6.45) is 2.34. The Morgan fingerprint density at radius 2 is 1.94 bits per heavy atom. The lowest BCUT2D eigenvalue weighted by Crippen LogP contribution is -2.30. The van der Waals surface area contributed by atoms with Crippen LogP contribution >= 0.6 is 15.9 Å². The normalized spacial score (nSPS) is 14.4. The van der Waals surface area contributed by atoms with Crippen LogP contribution < -0.4 is 0 Å². The average Bonchev–Trinajstić information content (AvgIpc) is 2.80. The highest BCUT2D eigenvalue weighted by Gasteiger charge is 2.34. The maximum absolute atomic E-state index is 11.1. The van der Waals surface area contributed by atoms with Crippen LogP contribution in [0.4, 0.5) is 0 Å². The van der Waals surface area contributed by atoms with Crippen LogP contribution in [0.15, 0.2) is 41.0 Å². The highest BCUT2D eigenvalue weighted by atomic mass is 79.9. The van der Waals surface area contributed by atoms with E-state index in [-0.39, 0.29) is 0 Å². The number of hydrogen-bond acceptors (Lipinski definition) is 2. The molecule has 0 aliphatic carbocycles. The van der Waals surface area contributed by atoms with Gasteiger partial charge >= 0.3 is 0 Å². The standard InChI is InChI=1S/C14H17BrN2O/c1-3-14(18,11-8-6-5-7-9-11)13-12(15)10-16-17(13)4-2/h5-10,18H,3-4H2,1-2H3. The van der Waals surface area contributed by atoms with Crippen molar-refractivity contribution in [3.63, 3.8) is 0 Å². The predicted molar refractivity (Wildman–Crippen MR) is 75.3 cm³/mol. The summed E-state index contributed by atoms with van der Waals surface area (Å²) in [4.78, 5) is 0. The number of nitrogens with zero attached hydrogens (tertiary/aromatic N) is 2. The number of aliphatic hydroxyl groups is 1. The van der Waals surface area contributed by atoms with Crippen LogP contribution in [0.5, 0.6) is 0 Å². The van der Waals surface area contributed by atoms with Gasteiger partial charge in [-0.3, -0.25) is 4.68 Å². The van der Waals surface area contributed by atoms with Crippen LogP contribution in [0.2, 0.25) is 0 Å². The van der Waals surface area contributed by atoms with E-state index in [0.717, 1.165) is 22.3 Å². The third-order valence-electron chi connectivity index (χ3n) is 3.25. The van der Waals surface area contributed by atoms with Crippen molar-refractivity contribution in [1.29, 1.82) is 0 Å². The fraction of sp³-hybridized carbons (Fsp3) is 0.357. The van der Waals surface area contributed by atoms with Crippen LogP contribution in [0.25, 0.3) is 0 Å². The number of rotatable bonds is 4. The molecule has 0 fully saturated rings. The molecule has 2 aromatic rings. The third kappa shape index (κ3) is 2.10. The maximum Gasteiger partial charge on any atom is 0.132 e. The minimum Gasteiger partial charge on any atom is -0.379 e. The summed E-state index contributed by atoms with van der Waals surface area (Å²) in [6.45, 7) is 4.73. The van der Waals surface area contributed by atoms with Crippen molar-refractivity contribution >= 4 is 15.9 Å². The van der Waals surface area contributed by atoms with Gasteiger partial charge in [0.15, 0.2) is 0 Å². The molecule has 0 saturated carbocycles. The van der Waals surface area contributed by atoms with Gasteiger partial charge in [-0.05, 0) is 34.8 Å². The molecule has 0 saturated heterocycles. The molecule has 96 valence electrons. The van der Waals surface area contributed by atoms with Crippen molar-refractivity contribution in [2.75, 3.05) is 0 Å². The van der Waals surface area contributed by atoms with Gasteiger partial charge < -0.3 is 5.11 Å². The summed E-state index contributed by atoms with van der Waals surface area (Å²) in [7, 11) is 0. The molecule has 0 bridgehead atoms. The van der Waals surface area contributed by atoms with Crippen LogP contribution in [0, 0.1) is 0 Å². The van der Waals surface area contributed by atoms with Gasteiger partial charge in [-0.2, -0.15) is 5.10 Å². The van der Waals surface area contributed by atoms with E-state index < -0.39 is 5.60 Å². The summed E-state index contributed by atoms with van der Waals surface area (Å²) < 4.78 is 2.68. The first-order chi connectivity index (χ1) is 8.63. The molecule has 1 unspecified atom stereocenters. The van der Waals surface area contributed by atoms with E-state index >= 15 is 0 Å². The quantitative estimate of drug-likeness (QED) is 0.941. The van der Waals surface area contributed by atoms with E-state index in [0.29, 0.717) is 6.42 Å². The molecule has 0 aliphatic heterocycles. The van der Waals surface area contributed by atoms with E-state index in [4.69, 9.17) is 0 Å². The lowest BCUT2D eigenvalue weighted by Gasteiger charge is -2.28. The monoisotopic (exact) mass is 308 g/mol. The molecule has 1 heterocycles. The second-order valence-corrected chi connectivity index (χ2v) is 5.09. The highest BCUT2D eigenvalue weighted by Crippen LogP contribution is 2.36. The first-order valence-electron chi connectivity index (χ1n) is 6.13. The SMILES string of the molecule is CCn1ncc(Br)c1C(O)(CC)c1ccccc1. The fourth-order valence-corrected chi connectivity index (χ4v) is 2.86. The van der Waals surface area contributed by atoms with Gasteiger partial charge in [0.1, 0.15) is 5.60 Å². The number of benzene rings is 1. The van der Waals surface area contributed by atoms with Crippen LogP contribution in [0.3, 0.4) is 0 Å². The van der Waals surface area contributed by atoms with E-state index in [9.17, 15) is 5.11 Å². The molecule has 4 heteroatoms. The molecule has 0 amide bonds. The average molecular weight is 309 g/mol. The topological polar surface area (TPSA) is 38.0 Å². The van der Waals surface area contributed by atoms with Crippen molar-refractivity contribution in [2.45, 2.75) is 32.4 Å². The van der Waals surface area contributed by atoms with Crippen molar-refractivity contribution in [3.05, 3.63) is 52.3 Å². The van der Waals surface area contributed by atoms with Gasteiger partial charge in [-0.25, -0.2) is 0 Å². The lowest BCUT2D eigenvalue weighted by molar-refractivity contribution is 0.0659. The fourth-order valence-electron chi connectivity index (χ4n) is 2.24. The van der Waals surface area contributed by atoms with Crippen molar-refractivity contribution in [3.8, 4) is 0 Å². The number of aryl methyl sites for hydroxylation is 1. The summed E-state index contributed by atoms with van der Waals surface area (Å²) in [5.74, 6) is 0. The predicted octanol–water partition coefficient (Wildman–Crippen LogP) is 3.31. The zero-order valence-electron chi connectivity index (χ0n) is 10.6. The Balaban J connectivity index is 2.60. The molecular weight excluding hydrogens is 292 g/mol. The smallest absolute Gasteiger partial charge is 0.132 e. The lowest BCUT2D eigenvalue weighted by atomic mass is 9.88. The Bertz CT molecular complexity index is 524. The third-order valence-corrected chi connectivity index (χ3v) is 3.83. The van der Waals surface area contributed by atoms with Crippen LogP contribution in [-0.4, -0.2) is 14.9 Å². The molecule has 1 atom stereocenters. The Hall–Kier alpha value is -1.13. The van der Waals surface area contributed by atoms with Crippen molar-refractivity contribution in [2.24, 2.45) is 0 Å². The van der Waals surface area contributed by atoms with Crippen LogP contribution in [-0.2, 0) is 12.1 Å². The van der Waals surface area contributed by atoms with E-state index in [2.05, 4.69) is 21.0 Å². The number of aromatic nitrogens is 2. The Morgan fingerprint density at radius 3 is 2.50 bits per heavy atom. The minimum absolute atomic E-state index is 0.599. The summed E-state index contributed by atoms with van der Waals surface area (Å²) >= 11 is 3.49. The number of hydrogen-bond donors (Lipinski definition) is 1. The molecule has 3 nitrogen and oxygen atoms in total. The first-order valence-corrected chi connectivity index (χ1v) is 6.92. The summed E-state index contributed by atoms with van der Waals surface area (Å²) in [5.41, 5.74) is 0.703. The molecule has 0 aliphatic rings. The van der Waals surface area contributed by atoms with Crippen molar-refractivity contribution in [1.82, 2.24) is 9.78 Å². The Kier molecular flexibility index (Phi) is 3.88. The van der Waals surface area contributed by atoms with Gasteiger partial charge in [-0.1, -0.05) is 37.3 Å². The minimum atomic E-state index is -1.01. The Morgan fingerprint density at radius 1 is 1.28 bits per heavy atom. The molecule has 18 heavy (non-hydrogen) atoms. The molecule has 0 spiro atoms. The van der Waals surface area contributed by atoms with E-state index in [1.165, 1.54) is 0 Å². The van der Waals surface area contributed by atoms with Gasteiger partial charge in [0, 0.05) is 6.54 Å². The number of halogens is 1. The van der Waals surface area contributed by atoms with E-state index in [1.807, 2.05) is 48.9 Å². The molecule has 1 aromatic heterocycles. The Labute approximate surface area is 116 Å². The molecular formula is C14H17BrN2O. The molecule has 1 aromatic carbocycles. The second-order valence-electron chi connectivity index (χ2n) is 4.24. The summed E-state index contributed by atoms with van der Waals surface area (Å²) in [5, 5.41) is 15.3. The van der Waals surface area contributed by atoms with Gasteiger partial charge in [-0.15, -0.1) is 0 Å². The maximum atomic E-state index is 11.1. The molecule has 0 radical (unpaired) electrons. The highest BCUT2D eigenvalue weighted by molar-refractivity contribution is 9.10. The van der Waals surface area contributed by atoms with Crippen molar-refractivity contribution < 1.29 is 5.11 Å². The largest absolute Gasteiger partial charge is 0.379 e. The van der Waals surface area contributed by atoms with Gasteiger partial charge in [0.05, 0.1) is 16.4 Å². The summed E-state index contributed by atoms with van der Waals surface area (Å²) in [6, 6.07) is 9.73. The second kappa shape index (κ2) is 5.24. The van der Waals surface area contributed by atoms with Crippen LogP contribution in [0.1, 0.15) is 31.5 Å². The molecule has 1 N–H and O–H groups in total. The zero-order chi connectivity index (χ0) is 13.2. The zero-order valence-corrected chi connectivity index (χ0v) is 12.2. The van der Waals surface area contributed by atoms with Gasteiger partial charge in [0.2, 0.25) is 0 Å². The van der Waals surface area contributed by atoms with Gasteiger partial charge in [0.25, 0.3) is 0 Å².